The predicted molar refractivity (Wildman–Crippen MR) is 84.0 cm³/mol. The van der Waals surface area contributed by atoms with Crippen molar-refractivity contribution in [3.8, 4) is 0 Å². The summed E-state index contributed by atoms with van der Waals surface area (Å²) in [6.07, 6.45) is 5.00. The summed E-state index contributed by atoms with van der Waals surface area (Å²) in [7, 11) is 0. The highest BCUT2D eigenvalue weighted by atomic mass is 16.3. The molecule has 1 aromatic heterocycles. The van der Waals surface area contributed by atoms with Crippen molar-refractivity contribution in [3.63, 3.8) is 0 Å². The molecule has 1 atom stereocenters. The van der Waals surface area contributed by atoms with E-state index in [0.29, 0.717) is 0 Å². The monoisotopic (exact) mass is 281 g/mol. The molecule has 0 fully saturated rings. The Morgan fingerprint density at radius 3 is 2.50 bits per heavy atom. The molecule has 1 heterocycles. The smallest absolute Gasteiger partial charge is 0.0624 e. The van der Waals surface area contributed by atoms with Gasteiger partial charge in [-0.25, -0.2) is 0 Å². The minimum atomic E-state index is -0.123. The number of hydrogen-bond donors (Lipinski definition) is 2. The van der Waals surface area contributed by atoms with Crippen LogP contribution < -0.4 is 5.32 Å². The third-order valence-corrected chi connectivity index (χ3v) is 4.19. The highest BCUT2D eigenvalue weighted by molar-refractivity contribution is 5.10. The summed E-state index contributed by atoms with van der Waals surface area (Å²) in [6.45, 7) is 10.6. The highest BCUT2D eigenvalue weighted by Gasteiger charge is 2.25. The van der Waals surface area contributed by atoms with Gasteiger partial charge < -0.3 is 10.4 Å². The number of aryl methyl sites for hydroxylation is 3. The zero-order valence-electron chi connectivity index (χ0n) is 13.6. The van der Waals surface area contributed by atoms with Gasteiger partial charge in [-0.3, -0.25) is 4.68 Å². The first-order valence-corrected chi connectivity index (χ1v) is 8.06. The first-order valence-electron chi connectivity index (χ1n) is 8.06. The fourth-order valence-corrected chi connectivity index (χ4v) is 2.75. The molecule has 0 radical (unpaired) electrons. The minimum absolute atomic E-state index is 0.123. The summed E-state index contributed by atoms with van der Waals surface area (Å²) in [4.78, 5) is 0. The average molecular weight is 281 g/mol. The SMILES string of the molecule is CCNC(CC)(CO)CCCn1nc(CC)cc1CC. The van der Waals surface area contributed by atoms with Gasteiger partial charge >= 0.3 is 0 Å². The molecule has 116 valence electrons. The van der Waals surface area contributed by atoms with Gasteiger partial charge in [0.05, 0.1) is 12.3 Å². The van der Waals surface area contributed by atoms with Gasteiger partial charge in [0.25, 0.3) is 0 Å². The summed E-state index contributed by atoms with van der Waals surface area (Å²) >= 11 is 0. The second-order valence-electron chi connectivity index (χ2n) is 5.48. The number of likely N-dealkylation sites (N-methyl/N-ethyl adjacent to an activating group) is 1. The molecular weight excluding hydrogens is 250 g/mol. The van der Waals surface area contributed by atoms with E-state index in [9.17, 15) is 5.11 Å². The zero-order chi connectivity index (χ0) is 15.0. The zero-order valence-corrected chi connectivity index (χ0v) is 13.6. The summed E-state index contributed by atoms with van der Waals surface area (Å²) in [5.41, 5.74) is 2.37. The van der Waals surface area contributed by atoms with Crippen molar-refractivity contribution < 1.29 is 5.11 Å². The maximum atomic E-state index is 9.66. The lowest BCUT2D eigenvalue weighted by Crippen LogP contribution is -2.48. The van der Waals surface area contributed by atoms with E-state index >= 15 is 0 Å². The number of aromatic nitrogens is 2. The Morgan fingerprint density at radius 2 is 2.00 bits per heavy atom. The number of rotatable bonds is 10. The fraction of sp³-hybridized carbons (Fsp3) is 0.812. The lowest BCUT2D eigenvalue weighted by atomic mass is 9.91. The third-order valence-electron chi connectivity index (χ3n) is 4.19. The summed E-state index contributed by atoms with van der Waals surface area (Å²) in [5, 5.41) is 17.8. The van der Waals surface area contributed by atoms with Gasteiger partial charge in [-0.1, -0.05) is 27.7 Å². The van der Waals surface area contributed by atoms with Crippen LogP contribution in [0.3, 0.4) is 0 Å². The highest BCUT2D eigenvalue weighted by Crippen LogP contribution is 2.18. The Balaban J connectivity index is 2.60. The van der Waals surface area contributed by atoms with Gasteiger partial charge in [0, 0.05) is 17.8 Å². The van der Waals surface area contributed by atoms with Crippen LogP contribution in [-0.4, -0.2) is 33.6 Å². The molecule has 0 saturated heterocycles. The van der Waals surface area contributed by atoms with Crippen LogP contribution in [0.1, 0.15) is 58.3 Å². The molecular formula is C16H31N3O. The maximum Gasteiger partial charge on any atom is 0.0624 e. The van der Waals surface area contributed by atoms with E-state index in [4.69, 9.17) is 0 Å². The molecule has 2 N–H and O–H groups in total. The quantitative estimate of drug-likeness (QED) is 0.693. The Kier molecular flexibility index (Phi) is 7.24. The molecule has 1 aromatic rings. The van der Waals surface area contributed by atoms with Gasteiger partial charge in [0.15, 0.2) is 0 Å². The molecule has 1 rings (SSSR count). The van der Waals surface area contributed by atoms with Crippen LogP contribution in [0.15, 0.2) is 6.07 Å². The lowest BCUT2D eigenvalue weighted by molar-refractivity contribution is 0.144. The number of nitrogens with one attached hydrogen (secondary N) is 1. The fourth-order valence-electron chi connectivity index (χ4n) is 2.75. The molecule has 0 aliphatic rings. The van der Waals surface area contributed by atoms with Crippen molar-refractivity contribution in [3.05, 3.63) is 17.5 Å². The van der Waals surface area contributed by atoms with E-state index in [1.165, 1.54) is 11.4 Å². The maximum absolute atomic E-state index is 9.66. The number of nitrogens with zero attached hydrogens (tertiary/aromatic N) is 2. The number of aliphatic hydroxyl groups is 1. The Morgan fingerprint density at radius 1 is 1.25 bits per heavy atom. The average Bonchev–Trinajstić information content (AvgIpc) is 2.88. The van der Waals surface area contributed by atoms with Gasteiger partial charge in [-0.2, -0.15) is 5.10 Å². The van der Waals surface area contributed by atoms with Crippen molar-refractivity contribution in [2.45, 2.75) is 71.9 Å². The van der Waals surface area contributed by atoms with Gasteiger partial charge in [0.1, 0.15) is 0 Å². The molecule has 0 aromatic carbocycles. The third kappa shape index (κ3) is 4.32. The normalized spacial score (nSPS) is 14.4. The second kappa shape index (κ2) is 8.42. The van der Waals surface area contributed by atoms with Crippen molar-refractivity contribution in [2.75, 3.05) is 13.2 Å². The summed E-state index contributed by atoms with van der Waals surface area (Å²) in [6, 6.07) is 2.21. The lowest BCUT2D eigenvalue weighted by Gasteiger charge is -2.32. The van der Waals surface area contributed by atoms with Crippen molar-refractivity contribution in [2.24, 2.45) is 0 Å². The van der Waals surface area contributed by atoms with E-state index < -0.39 is 0 Å². The largest absolute Gasteiger partial charge is 0.394 e. The standard InChI is InChI=1S/C16H31N3O/c1-5-14-12-15(6-2)19(18-14)11-9-10-16(7-3,13-20)17-8-4/h12,17,20H,5-11,13H2,1-4H3. The van der Waals surface area contributed by atoms with Crippen LogP contribution in [0, 0.1) is 0 Å². The summed E-state index contributed by atoms with van der Waals surface area (Å²) in [5.74, 6) is 0. The molecule has 0 saturated carbocycles. The topological polar surface area (TPSA) is 50.1 Å². The van der Waals surface area contributed by atoms with Gasteiger partial charge in [-0.15, -0.1) is 0 Å². The van der Waals surface area contributed by atoms with E-state index in [1.54, 1.807) is 0 Å². The number of hydrogen-bond acceptors (Lipinski definition) is 3. The predicted octanol–water partition coefficient (Wildman–Crippen LogP) is 2.54. The molecule has 1 unspecified atom stereocenters. The molecule has 0 aliphatic heterocycles. The van der Waals surface area contributed by atoms with E-state index in [-0.39, 0.29) is 12.1 Å². The van der Waals surface area contributed by atoms with Crippen LogP contribution in [0.2, 0.25) is 0 Å². The molecule has 0 aliphatic carbocycles. The van der Waals surface area contributed by atoms with Gasteiger partial charge in [0.2, 0.25) is 0 Å². The van der Waals surface area contributed by atoms with Crippen molar-refractivity contribution in [1.29, 1.82) is 0 Å². The molecule has 0 amide bonds. The molecule has 20 heavy (non-hydrogen) atoms. The molecule has 4 nitrogen and oxygen atoms in total. The van der Waals surface area contributed by atoms with Crippen LogP contribution >= 0.6 is 0 Å². The first-order chi connectivity index (χ1) is 9.64. The van der Waals surface area contributed by atoms with E-state index in [0.717, 1.165) is 45.2 Å². The van der Waals surface area contributed by atoms with E-state index in [1.807, 2.05) is 0 Å². The second-order valence-corrected chi connectivity index (χ2v) is 5.48. The van der Waals surface area contributed by atoms with Crippen LogP contribution in [0.4, 0.5) is 0 Å². The van der Waals surface area contributed by atoms with Crippen LogP contribution in [0.5, 0.6) is 0 Å². The van der Waals surface area contributed by atoms with Crippen LogP contribution in [0.25, 0.3) is 0 Å². The number of aliphatic hydroxyl groups excluding tert-OH is 1. The Labute approximate surface area is 123 Å². The van der Waals surface area contributed by atoms with E-state index in [2.05, 4.69) is 48.9 Å². The molecule has 4 heteroatoms. The van der Waals surface area contributed by atoms with Crippen molar-refractivity contribution >= 4 is 0 Å². The minimum Gasteiger partial charge on any atom is -0.394 e. The molecule has 0 bridgehead atoms. The van der Waals surface area contributed by atoms with Gasteiger partial charge in [-0.05, 0) is 44.7 Å². The Hall–Kier alpha value is -0.870. The summed E-state index contributed by atoms with van der Waals surface area (Å²) < 4.78 is 2.14. The van der Waals surface area contributed by atoms with Crippen LogP contribution in [-0.2, 0) is 19.4 Å². The van der Waals surface area contributed by atoms with Crippen molar-refractivity contribution in [1.82, 2.24) is 15.1 Å². The Bertz CT molecular complexity index is 383. The first kappa shape index (κ1) is 17.2. The molecule has 0 spiro atoms.